The number of anilines is 2. The molecule has 0 spiro atoms. The van der Waals surface area contributed by atoms with Crippen LogP contribution in [0.25, 0.3) is 11.0 Å². The van der Waals surface area contributed by atoms with Crippen molar-refractivity contribution in [3.63, 3.8) is 0 Å². The van der Waals surface area contributed by atoms with E-state index in [9.17, 15) is 4.79 Å². The highest BCUT2D eigenvalue weighted by Crippen LogP contribution is 2.31. The summed E-state index contributed by atoms with van der Waals surface area (Å²) in [5, 5.41) is 8.59. The van der Waals surface area contributed by atoms with Crippen LogP contribution >= 0.6 is 23.2 Å². The zero-order chi connectivity index (χ0) is 22.1. The first-order valence-electron chi connectivity index (χ1n) is 10.2. The number of benzene rings is 2. The molecule has 0 saturated carbocycles. The maximum atomic E-state index is 13.1. The summed E-state index contributed by atoms with van der Waals surface area (Å²) in [5.74, 6) is 0.717. The van der Waals surface area contributed by atoms with Crippen LogP contribution in [0.4, 0.5) is 11.5 Å². The molecule has 32 heavy (non-hydrogen) atoms. The number of amides is 1. The van der Waals surface area contributed by atoms with E-state index in [2.05, 4.69) is 37.7 Å². The van der Waals surface area contributed by atoms with Gasteiger partial charge in [-0.15, -0.1) is 0 Å². The predicted octanol–water partition coefficient (Wildman–Crippen LogP) is 4.87. The molecule has 2 aromatic carbocycles. The van der Waals surface area contributed by atoms with E-state index in [1.807, 2.05) is 29.3 Å². The predicted molar refractivity (Wildman–Crippen MR) is 127 cm³/mol. The van der Waals surface area contributed by atoms with Crippen LogP contribution in [0.2, 0.25) is 10.0 Å². The number of fused-ring (bicyclic) bond motifs is 2. The van der Waals surface area contributed by atoms with Crippen LogP contribution in [0.15, 0.2) is 61.1 Å². The number of hydrogen-bond donors (Lipinski definition) is 3. The molecule has 4 aromatic rings. The van der Waals surface area contributed by atoms with Gasteiger partial charge in [0.15, 0.2) is 0 Å². The van der Waals surface area contributed by atoms with Crippen LogP contribution in [0.5, 0.6) is 0 Å². The molecule has 0 fully saturated rings. The summed E-state index contributed by atoms with van der Waals surface area (Å²) in [6.45, 7) is 1.21. The number of rotatable bonds is 5. The Morgan fingerprint density at radius 2 is 1.94 bits per heavy atom. The monoisotopic (exact) mass is 466 g/mol. The summed E-state index contributed by atoms with van der Waals surface area (Å²) in [6, 6.07) is 15.1. The second kappa shape index (κ2) is 8.68. The van der Waals surface area contributed by atoms with Gasteiger partial charge in [0.1, 0.15) is 17.8 Å². The zero-order valence-electron chi connectivity index (χ0n) is 17.0. The fourth-order valence-corrected chi connectivity index (χ4v) is 4.54. The van der Waals surface area contributed by atoms with E-state index in [1.165, 1.54) is 6.33 Å². The van der Waals surface area contributed by atoms with Crippen LogP contribution in [0, 0.1) is 0 Å². The number of nitrogens with zero attached hydrogens (tertiary/aromatic N) is 3. The minimum atomic E-state index is -0.0995. The molecule has 1 unspecified atom stereocenters. The van der Waals surface area contributed by atoms with Crippen molar-refractivity contribution in [2.45, 2.75) is 12.6 Å². The number of aromatic amines is 1. The molecule has 5 rings (SSSR count). The Labute approximate surface area is 194 Å². The van der Waals surface area contributed by atoms with Crippen molar-refractivity contribution in [1.82, 2.24) is 19.9 Å². The van der Waals surface area contributed by atoms with Crippen molar-refractivity contribution in [2.24, 2.45) is 0 Å². The molecule has 1 aliphatic heterocycles. The van der Waals surface area contributed by atoms with Gasteiger partial charge in [0.05, 0.1) is 18.0 Å². The highest BCUT2D eigenvalue weighted by molar-refractivity contribution is 6.35. The highest BCUT2D eigenvalue weighted by Gasteiger charge is 2.28. The number of aromatic nitrogens is 3. The van der Waals surface area contributed by atoms with Gasteiger partial charge in [-0.1, -0.05) is 47.5 Å². The van der Waals surface area contributed by atoms with E-state index in [-0.39, 0.29) is 18.5 Å². The first kappa shape index (κ1) is 20.6. The van der Waals surface area contributed by atoms with Gasteiger partial charge >= 0.3 is 0 Å². The minimum Gasteiger partial charge on any atom is -0.376 e. The van der Waals surface area contributed by atoms with E-state index in [4.69, 9.17) is 23.2 Å². The largest absolute Gasteiger partial charge is 0.376 e. The number of hydrogen-bond acceptors (Lipinski definition) is 5. The van der Waals surface area contributed by atoms with E-state index in [1.54, 1.807) is 18.2 Å². The molecule has 1 amide bonds. The third-order valence-electron chi connectivity index (χ3n) is 5.52. The number of halogens is 2. The third kappa shape index (κ3) is 4.22. The molecule has 7 nitrogen and oxygen atoms in total. The van der Waals surface area contributed by atoms with Gasteiger partial charge in [-0.05, 0) is 35.4 Å². The molecular formula is C23H20Cl2N6O. The lowest BCUT2D eigenvalue weighted by molar-refractivity contribution is -0.130. The quantitative estimate of drug-likeness (QED) is 0.390. The van der Waals surface area contributed by atoms with Crippen molar-refractivity contribution < 1.29 is 4.79 Å². The second-order valence-electron chi connectivity index (χ2n) is 7.64. The summed E-state index contributed by atoms with van der Waals surface area (Å²) < 4.78 is 0. The van der Waals surface area contributed by atoms with Crippen LogP contribution in [-0.2, 0) is 11.3 Å². The van der Waals surface area contributed by atoms with Crippen LogP contribution in [0.1, 0.15) is 17.2 Å². The summed E-state index contributed by atoms with van der Waals surface area (Å²) in [7, 11) is 0. The third-order valence-corrected chi connectivity index (χ3v) is 5.96. The van der Waals surface area contributed by atoms with E-state index < -0.39 is 0 Å². The number of H-pyrrole nitrogens is 1. The number of carbonyl (C=O) groups is 1. The molecule has 9 heteroatoms. The molecule has 3 N–H and O–H groups in total. The van der Waals surface area contributed by atoms with Crippen molar-refractivity contribution in [1.29, 1.82) is 0 Å². The molecule has 0 radical (unpaired) electrons. The van der Waals surface area contributed by atoms with E-state index in [0.29, 0.717) is 28.8 Å². The van der Waals surface area contributed by atoms with Crippen LogP contribution in [-0.4, -0.2) is 38.8 Å². The average molecular weight is 467 g/mol. The van der Waals surface area contributed by atoms with Crippen LogP contribution in [0.3, 0.4) is 0 Å². The van der Waals surface area contributed by atoms with Crippen molar-refractivity contribution in [3.05, 3.63) is 82.2 Å². The zero-order valence-corrected chi connectivity index (χ0v) is 18.5. The lowest BCUT2D eigenvalue weighted by Crippen LogP contribution is -2.43. The van der Waals surface area contributed by atoms with Gasteiger partial charge in [-0.2, -0.15) is 0 Å². The van der Waals surface area contributed by atoms with E-state index in [0.717, 1.165) is 28.0 Å². The first-order chi connectivity index (χ1) is 15.6. The summed E-state index contributed by atoms with van der Waals surface area (Å²) >= 11 is 12.1. The van der Waals surface area contributed by atoms with Crippen molar-refractivity contribution in [3.8, 4) is 0 Å². The molecule has 3 heterocycles. The molecule has 2 aromatic heterocycles. The normalized spacial score (nSPS) is 15.4. The fraction of sp³-hybridized carbons (Fsp3) is 0.174. The van der Waals surface area contributed by atoms with E-state index >= 15 is 0 Å². The minimum absolute atomic E-state index is 0.0168. The van der Waals surface area contributed by atoms with Gasteiger partial charge in [0.25, 0.3) is 0 Å². The Hall–Kier alpha value is -3.29. The first-order valence-corrected chi connectivity index (χ1v) is 10.9. The molecule has 0 aliphatic carbocycles. The van der Waals surface area contributed by atoms with Gasteiger partial charge in [-0.25, -0.2) is 9.97 Å². The molecule has 162 valence electrons. The number of nitrogens with one attached hydrogen (secondary N) is 3. The summed E-state index contributed by atoms with van der Waals surface area (Å²) in [4.78, 5) is 26.7. The summed E-state index contributed by atoms with van der Waals surface area (Å²) in [6.07, 6.45) is 3.36. The topological polar surface area (TPSA) is 85.9 Å². The molecule has 0 saturated heterocycles. The SMILES string of the molecule is O=C(CNc1cc(Cl)cc(Cl)c1)N1Cc2ccccc2C(Nc2ncnc3[nH]ccc23)C1. The molecular weight excluding hydrogens is 447 g/mol. The van der Waals surface area contributed by atoms with Gasteiger partial charge in [-0.3, -0.25) is 4.79 Å². The van der Waals surface area contributed by atoms with Crippen LogP contribution < -0.4 is 10.6 Å². The Morgan fingerprint density at radius 1 is 1.12 bits per heavy atom. The fourth-order valence-electron chi connectivity index (χ4n) is 4.02. The van der Waals surface area contributed by atoms with Crippen molar-refractivity contribution >= 4 is 51.6 Å². The highest BCUT2D eigenvalue weighted by atomic mass is 35.5. The molecule has 0 bridgehead atoms. The maximum Gasteiger partial charge on any atom is 0.242 e. The number of carbonyl (C=O) groups excluding carboxylic acids is 1. The van der Waals surface area contributed by atoms with Gasteiger partial charge < -0.3 is 20.5 Å². The Balaban J connectivity index is 1.36. The Kier molecular flexibility index (Phi) is 5.59. The lowest BCUT2D eigenvalue weighted by Gasteiger charge is -2.35. The average Bonchev–Trinajstić information content (AvgIpc) is 3.27. The Morgan fingerprint density at radius 3 is 2.78 bits per heavy atom. The van der Waals surface area contributed by atoms with Gasteiger partial charge in [0.2, 0.25) is 5.91 Å². The second-order valence-corrected chi connectivity index (χ2v) is 8.52. The Bertz CT molecular complexity index is 1270. The molecule has 1 aliphatic rings. The van der Waals surface area contributed by atoms with Crippen molar-refractivity contribution in [2.75, 3.05) is 23.7 Å². The summed E-state index contributed by atoms with van der Waals surface area (Å²) in [5.41, 5.74) is 3.74. The molecule has 1 atom stereocenters. The standard InChI is InChI=1S/C23H20Cl2N6O/c24-15-7-16(25)9-17(8-15)27-10-21(32)31-11-14-3-1-2-4-18(14)20(12-31)30-23-19-5-6-26-22(19)28-13-29-23/h1-9,13,20,27H,10-12H2,(H2,26,28,29,30). The van der Waals surface area contributed by atoms with Gasteiger partial charge in [0, 0.05) is 35.0 Å². The maximum absolute atomic E-state index is 13.1. The lowest BCUT2D eigenvalue weighted by atomic mass is 9.95. The smallest absolute Gasteiger partial charge is 0.242 e.